The molecule has 3 N–H and O–H groups in total. The summed E-state index contributed by atoms with van der Waals surface area (Å²) >= 11 is 0. The summed E-state index contributed by atoms with van der Waals surface area (Å²) in [5.74, 6) is -2.34. The van der Waals surface area contributed by atoms with Crippen LogP contribution in [0.1, 0.15) is 44.2 Å². The quantitative estimate of drug-likeness (QED) is 0.486. The predicted molar refractivity (Wildman–Crippen MR) is 106 cm³/mol. The second-order valence-corrected chi connectivity index (χ2v) is 6.10. The molecule has 0 bridgehead atoms. The minimum absolute atomic E-state index is 0.0114. The molecule has 2 aromatic rings. The zero-order valence-corrected chi connectivity index (χ0v) is 16.2. The maximum Gasteiger partial charge on any atom is 0.137 e. The fourth-order valence-electron chi connectivity index (χ4n) is 2.84. The fourth-order valence-corrected chi connectivity index (χ4v) is 2.84. The van der Waals surface area contributed by atoms with E-state index in [0.717, 1.165) is 49.1 Å². The minimum atomic E-state index is -0.872. The molecule has 1 saturated carbocycles. The number of hydrogen-bond donors (Lipinski definition) is 2. The first-order chi connectivity index (χ1) is 13.4. The van der Waals surface area contributed by atoms with Gasteiger partial charge in [0.15, 0.2) is 0 Å². The number of allylic oxidation sites excluding steroid dienone is 2. The Balaban J connectivity index is 0.00000136. The van der Waals surface area contributed by atoms with Crippen molar-refractivity contribution in [2.45, 2.75) is 33.1 Å². The Hall–Kier alpha value is -2.89. The first-order valence-electron chi connectivity index (χ1n) is 9.12. The lowest BCUT2D eigenvalue weighted by atomic mass is 9.89. The third-order valence-corrected chi connectivity index (χ3v) is 4.42. The van der Waals surface area contributed by atoms with Crippen molar-refractivity contribution in [3.8, 4) is 5.75 Å². The third-order valence-electron chi connectivity index (χ3n) is 4.42. The van der Waals surface area contributed by atoms with Crippen LogP contribution in [0.25, 0.3) is 5.57 Å². The van der Waals surface area contributed by atoms with Gasteiger partial charge in [0, 0.05) is 29.0 Å². The number of aliphatic hydroxyl groups excluding tert-OH is 1. The van der Waals surface area contributed by atoms with Crippen molar-refractivity contribution in [3.63, 3.8) is 0 Å². The van der Waals surface area contributed by atoms with E-state index in [1.807, 2.05) is 13.8 Å². The van der Waals surface area contributed by atoms with Crippen LogP contribution in [0.2, 0.25) is 0 Å². The van der Waals surface area contributed by atoms with Gasteiger partial charge in [-0.05, 0) is 49.1 Å². The second-order valence-electron chi connectivity index (χ2n) is 6.10. The summed E-state index contributed by atoms with van der Waals surface area (Å²) in [4.78, 5) is 0. The number of aliphatic hydroxyl groups is 1. The van der Waals surface area contributed by atoms with Crippen LogP contribution in [0.5, 0.6) is 5.75 Å². The molecular weight excluding hydrogens is 367 g/mol. The molecule has 0 radical (unpaired) electrons. The summed E-state index contributed by atoms with van der Waals surface area (Å²) in [5.41, 5.74) is 6.58. The van der Waals surface area contributed by atoms with Crippen LogP contribution in [0, 0.1) is 17.5 Å². The molecule has 6 heteroatoms. The van der Waals surface area contributed by atoms with E-state index in [1.54, 1.807) is 0 Å². The van der Waals surface area contributed by atoms with E-state index in [2.05, 4.69) is 0 Å². The Morgan fingerprint density at radius 2 is 1.68 bits per heavy atom. The molecule has 3 rings (SSSR count). The van der Waals surface area contributed by atoms with Crippen molar-refractivity contribution in [1.29, 1.82) is 0 Å². The average molecular weight is 391 g/mol. The molecule has 0 aliphatic heterocycles. The van der Waals surface area contributed by atoms with Crippen LogP contribution < -0.4 is 10.5 Å². The molecule has 1 aliphatic rings. The van der Waals surface area contributed by atoms with E-state index in [4.69, 9.17) is 10.5 Å². The second kappa shape index (κ2) is 9.35. The topological polar surface area (TPSA) is 55.5 Å². The van der Waals surface area contributed by atoms with Crippen LogP contribution in [-0.4, -0.2) is 12.2 Å². The Morgan fingerprint density at radius 3 is 2.14 bits per heavy atom. The molecule has 0 atom stereocenters. The Kier molecular flexibility index (Phi) is 7.15. The number of methoxy groups -OCH3 is 1. The van der Waals surface area contributed by atoms with Gasteiger partial charge in [-0.15, -0.1) is 0 Å². The van der Waals surface area contributed by atoms with Crippen molar-refractivity contribution in [1.82, 2.24) is 0 Å². The summed E-state index contributed by atoms with van der Waals surface area (Å²) in [6.07, 6.45) is 3.68. The van der Waals surface area contributed by atoms with Crippen LogP contribution in [0.3, 0.4) is 0 Å². The first kappa shape index (κ1) is 21.4. The van der Waals surface area contributed by atoms with Gasteiger partial charge in [-0.25, -0.2) is 13.2 Å². The van der Waals surface area contributed by atoms with Crippen molar-refractivity contribution < 1.29 is 23.0 Å². The molecule has 0 amide bonds. The number of hydrogen-bond acceptors (Lipinski definition) is 3. The van der Waals surface area contributed by atoms with E-state index in [-0.39, 0.29) is 33.9 Å². The van der Waals surface area contributed by atoms with Gasteiger partial charge >= 0.3 is 0 Å². The number of nitrogen functional groups attached to an aromatic ring is 1. The van der Waals surface area contributed by atoms with Gasteiger partial charge in [0.2, 0.25) is 0 Å². The molecule has 0 spiro atoms. The van der Waals surface area contributed by atoms with Crippen molar-refractivity contribution in [3.05, 3.63) is 76.3 Å². The third kappa shape index (κ3) is 4.50. The molecule has 0 saturated heterocycles. The largest absolute Gasteiger partial charge is 0.508 e. The summed E-state index contributed by atoms with van der Waals surface area (Å²) in [7, 11) is 1.30. The number of benzene rings is 2. The molecule has 150 valence electrons. The zero-order valence-electron chi connectivity index (χ0n) is 16.2. The average Bonchev–Trinajstić information content (AvgIpc) is 2.60. The number of rotatable bonds is 4. The lowest BCUT2D eigenvalue weighted by molar-refractivity contribution is 0.406. The number of ether oxygens (including phenoxy) is 1. The van der Waals surface area contributed by atoms with E-state index in [9.17, 15) is 18.3 Å². The van der Waals surface area contributed by atoms with Gasteiger partial charge < -0.3 is 15.6 Å². The van der Waals surface area contributed by atoms with Gasteiger partial charge in [-0.1, -0.05) is 13.8 Å². The molecule has 0 aromatic heterocycles. The molecule has 28 heavy (non-hydrogen) atoms. The van der Waals surface area contributed by atoms with Gasteiger partial charge in [-0.3, -0.25) is 0 Å². The minimum Gasteiger partial charge on any atom is -0.508 e. The number of nitrogens with two attached hydrogens (primary N) is 1. The van der Waals surface area contributed by atoms with Crippen molar-refractivity contribution in [2.75, 3.05) is 12.8 Å². The van der Waals surface area contributed by atoms with Crippen LogP contribution in [0.4, 0.5) is 18.9 Å². The smallest absolute Gasteiger partial charge is 0.137 e. The van der Waals surface area contributed by atoms with Crippen LogP contribution >= 0.6 is 0 Å². The molecular formula is C22H24F3NO2. The lowest BCUT2D eigenvalue weighted by Crippen LogP contribution is -2.04. The van der Waals surface area contributed by atoms with Gasteiger partial charge in [0.05, 0.1) is 12.7 Å². The van der Waals surface area contributed by atoms with Gasteiger partial charge in [-0.2, -0.15) is 0 Å². The van der Waals surface area contributed by atoms with E-state index < -0.39 is 17.5 Å². The van der Waals surface area contributed by atoms with E-state index >= 15 is 0 Å². The summed E-state index contributed by atoms with van der Waals surface area (Å²) in [5, 5.41) is 10.3. The fraction of sp³-hybridized carbons (Fsp3) is 0.273. The molecule has 2 aromatic carbocycles. The van der Waals surface area contributed by atoms with Gasteiger partial charge in [0.25, 0.3) is 0 Å². The maximum atomic E-state index is 14.6. The van der Waals surface area contributed by atoms with Crippen molar-refractivity contribution in [2.24, 2.45) is 0 Å². The Bertz CT molecular complexity index is 891. The molecule has 3 nitrogen and oxygen atoms in total. The Morgan fingerprint density at radius 1 is 1.07 bits per heavy atom. The zero-order chi connectivity index (χ0) is 20.8. The Labute approximate surface area is 163 Å². The molecule has 1 aliphatic carbocycles. The highest BCUT2D eigenvalue weighted by Gasteiger charge is 2.21. The molecule has 1 fully saturated rings. The van der Waals surface area contributed by atoms with Gasteiger partial charge in [0.1, 0.15) is 29.0 Å². The maximum absolute atomic E-state index is 14.6. The lowest BCUT2D eigenvalue weighted by Gasteiger charge is -2.19. The predicted octanol–water partition coefficient (Wildman–Crippen LogP) is 6.15. The van der Waals surface area contributed by atoms with Crippen molar-refractivity contribution >= 4 is 11.3 Å². The monoisotopic (exact) mass is 391 g/mol. The van der Waals surface area contributed by atoms with Crippen LogP contribution in [0.15, 0.2) is 47.7 Å². The molecule has 0 heterocycles. The van der Waals surface area contributed by atoms with E-state index in [0.29, 0.717) is 0 Å². The normalized spacial score (nSPS) is 13.4. The summed E-state index contributed by atoms with van der Waals surface area (Å²) < 4.78 is 47.5. The standard InChI is InChI=1S/C20H18F3NO2.C2H6/c1-26-13-8-16(22)20(17(23)9-13)15(10-19(25)11-3-2-4-11)14-6-5-12(21)7-18(14)24;1-2/h5-10,25H,2-4,24H2,1H3;1-2H3/b15-10-;. The molecule has 0 unspecified atom stereocenters. The number of anilines is 1. The highest BCUT2D eigenvalue weighted by atomic mass is 19.1. The SMILES string of the molecule is CC.COc1cc(F)c(/C(=C\C(O)=C2CCC2)c2ccc(F)cc2N)c(F)c1. The first-order valence-corrected chi connectivity index (χ1v) is 9.12. The highest BCUT2D eigenvalue weighted by Crippen LogP contribution is 2.36. The number of halogens is 3. The summed E-state index contributed by atoms with van der Waals surface area (Å²) in [6.45, 7) is 4.00. The van der Waals surface area contributed by atoms with Crippen LogP contribution in [-0.2, 0) is 0 Å². The highest BCUT2D eigenvalue weighted by molar-refractivity contribution is 5.87. The van der Waals surface area contributed by atoms with E-state index in [1.165, 1.54) is 19.3 Å². The summed E-state index contributed by atoms with van der Waals surface area (Å²) in [6, 6.07) is 5.62.